The highest BCUT2D eigenvalue weighted by molar-refractivity contribution is 5.76. The standard InChI is InChI=1S/C20H22N5O3/c1-27-19-14(10-22-20(24-19)28-2)15-8-9-16-18(23-15)25(17(26)11-21-16)12-13-6-4-3-5-7-13/h8-10,13H,3-7,12H2,1-2H3. The van der Waals surface area contributed by atoms with Gasteiger partial charge in [0.15, 0.2) is 11.8 Å². The normalized spacial score (nSPS) is 14.9. The van der Waals surface area contributed by atoms with E-state index in [9.17, 15) is 4.79 Å². The minimum Gasteiger partial charge on any atom is -0.480 e. The number of ether oxygens (including phenoxy) is 2. The van der Waals surface area contributed by atoms with E-state index in [-0.39, 0.29) is 11.6 Å². The molecule has 28 heavy (non-hydrogen) atoms. The predicted molar refractivity (Wildman–Crippen MR) is 103 cm³/mol. The molecule has 0 aliphatic heterocycles. The van der Waals surface area contributed by atoms with E-state index >= 15 is 0 Å². The third-order valence-corrected chi connectivity index (χ3v) is 5.18. The largest absolute Gasteiger partial charge is 0.480 e. The van der Waals surface area contributed by atoms with Crippen molar-refractivity contribution in [3.05, 3.63) is 34.9 Å². The molecule has 1 radical (unpaired) electrons. The second-order valence-electron chi connectivity index (χ2n) is 6.96. The van der Waals surface area contributed by atoms with E-state index in [1.165, 1.54) is 33.5 Å². The van der Waals surface area contributed by atoms with Gasteiger partial charge in [-0.05, 0) is 30.9 Å². The number of nitrogens with zero attached hydrogens (tertiary/aromatic N) is 5. The van der Waals surface area contributed by atoms with Crippen molar-refractivity contribution >= 4 is 11.2 Å². The van der Waals surface area contributed by atoms with Gasteiger partial charge in [0.2, 0.25) is 5.88 Å². The second kappa shape index (κ2) is 7.92. The first-order chi connectivity index (χ1) is 13.7. The van der Waals surface area contributed by atoms with Crippen LogP contribution in [0, 0.1) is 12.1 Å². The van der Waals surface area contributed by atoms with E-state index in [2.05, 4.69) is 21.1 Å². The Morgan fingerprint density at radius 2 is 1.96 bits per heavy atom. The maximum absolute atomic E-state index is 12.5. The topological polar surface area (TPSA) is 92.0 Å². The van der Waals surface area contributed by atoms with E-state index in [4.69, 9.17) is 14.5 Å². The average molecular weight is 380 g/mol. The summed E-state index contributed by atoms with van der Waals surface area (Å²) in [6, 6.07) is 3.85. The fourth-order valence-corrected chi connectivity index (χ4v) is 3.72. The maximum Gasteiger partial charge on any atom is 0.319 e. The van der Waals surface area contributed by atoms with Gasteiger partial charge in [-0.15, -0.1) is 0 Å². The molecule has 0 atom stereocenters. The molecule has 0 saturated heterocycles. The number of fused-ring (bicyclic) bond motifs is 1. The first-order valence-corrected chi connectivity index (χ1v) is 9.44. The molecule has 0 bridgehead atoms. The highest BCUT2D eigenvalue weighted by Gasteiger charge is 2.18. The summed E-state index contributed by atoms with van der Waals surface area (Å²) in [5, 5.41) is 0. The number of aromatic nitrogens is 5. The first kappa shape index (κ1) is 18.3. The van der Waals surface area contributed by atoms with Crippen molar-refractivity contribution in [2.24, 2.45) is 5.92 Å². The molecule has 8 heteroatoms. The fraction of sp³-hybridized carbons (Fsp3) is 0.450. The summed E-state index contributed by atoms with van der Waals surface area (Å²) in [6.45, 7) is 0.640. The van der Waals surface area contributed by atoms with Crippen LogP contribution in [-0.2, 0) is 6.54 Å². The van der Waals surface area contributed by atoms with Crippen LogP contribution < -0.4 is 15.0 Å². The third-order valence-electron chi connectivity index (χ3n) is 5.18. The number of hydrogen-bond acceptors (Lipinski definition) is 7. The molecule has 0 spiro atoms. The Bertz CT molecular complexity index is 1040. The summed E-state index contributed by atoms with van der Waals surface area (Å²) in [5.74, 6) is 0.838. The van der Waals surface area contributed by atoms with Crippen LogP contribution in [0.4, 0.5) is 0 Å². The van der Waals surface area contributed by atoms with Gasteiger partial charge >= 0.3 is 6.01 Å². The summed E-state index contributed by atoms with van der Waals surface area (Å²) >= 11 is 0. The van der Waals surface area contributed by atoms with Gasteiger partial charge in [0.1, 0.15) is 5.52 Å². The molecule has 0 amide bonds. The molecular weight excluding hydrogens is 358 g/mol. The van der Waals surface area contributed by atoms with Crippen molar-refractivity contribution in [3.63, 3.8) is 0 Å². The SMILES string of the molecule is COc1ncc(-c2ccc3n[c]c(=O)n(CC4CCCCC4)c3n2)c(OC)n1. The highest BCUT2D eigenvalue weighted by Crippen LogP contribution is 2.29. The molecular formula is C20H22N5O3. The molecule has 1 saturated carbocycles. The Balaban J connectivity index is 1.80. The Kier molecular flexibility index (Phi) is 5.18. The Hall–Kier alpha value is -3.03. The summed E-state index contributed by atoms with van der Waals surface area (Å²) in [7, 11) is 3.02. The van der Waals surface area contributed by atoms with Crippen LogP contribution in [-0.4, -0.2) is 38.7 Å². The number of hydrogen-bond donors (Lipinski definition) is 0. The summed E-state index contributed by atoms with van der Waals surface area (Å²) in [5.41, 5.74) is 2.16. The molecule has 3 aromatic heterocycles. The lowest BCUT2D eigenvalue weighted by atomic mass is 9.89. The van der Waals surface area contributed by atoms with Crippen LogP contribution in [0.3, 0.4) is 0 Å². The van der Waals surface area contributed by atoms with E-state index in [0.29, 0.717) is 40.8 Å². The quantitative estimate of drug-likeness (QED) is 0.672. The zero-order chi connectivity index (χ0) is 19.5. The first-order valence-electron chi connectivity index (χ1n) is 9.44. The lowest BCUT2D eigenvalue weighted by Gasteiger charge is -2.22. The van der Waals surface area contributed by atoms with Gasteiger partial charge < -0.3 is 9.47 Å². The molecule has 0 N–H and O–H groups in total. The summed E-state index contributed by atoms with van der Waals surface area (Å²) < 4.78 is 12.1. The lowest BCUT2D eigenvalue weighted by Crippen LogP contribution is -2.26. The average Bonchev–Trinajstić information content (AvgIpc) is 2.75. The van der Waals surface area contributed by atoms with Crippen molar-refractivity contribution in [2.75, 3.05) is 14.2 Å². The molecule has 4 rings (SSSR count). The van der Waals surface area contributed by atoms with Gasteiger partial charge in [-0.25, -0.2) is 15.0 Å². The van der Waals surface area contributed by atoms with E-state index in [1.807, 2.05) is 12.1 Å². The molecule has 0 unspecified atom stereocenters. The van der Waals surface area contributed by atoms with E-state index < -0.39 is 0 Å². The van der Waals surface area contributed by atoms with Gasteiger partial charge in [0.05, 0.1) is 25.5 Å². The molecule has 3 aromatic rings. The summed E-state index contributed by atoms with van der Waals surface area (Å²) in [4.78, 5) is 29.7. The lowest BCUT2D eigenvalue weighted by molar-refractivity contribution is 0.319. The number of pyridine rings is 1. The van der Waals surface area contributed by atoms with Gasteiger partial charge in [0, 0.05) is 12.7 Å². The zero-order valence-corrected chi connectivity index (χ0v) is 16.0. The van der Waals surface area contributed by atoms with Crippen LogP contribution in [0.2, 0.25) is 0 Å². The van der Waals surface area contributed by atoms with Crippen molar-refractivity contribution in [1.82, 2.24) is 24.5 Å². The number of rotatable bonds is 5. The van der Waals surface area contributed by atoms with Gasteiger partial charge in [-0.1, -0.05) is 19.3 Å². The van der Waals surface area contributed by atoms with Crippen LogP contribution in [0.25, 0.3) is 22.4 Å². The molecule has 1 fully saturated rings. The smallest absolute Gasteiger partial charge is 0.319 e. The maximum atomic E-state index is 12.5. The minimum atomic E-state index is -0.249. The third kappa shape index (κ3) is 3.54. The summed E-state index contributed by atoms with van der Waals surface area (Å²) in [6.07, 6.45) is 10.2. The van der Waals surface area contributed by atoms with Crippen molar-refractivity contribution in [2.45, 2.75) is 38.6 Å². The zero-order valence-electron chi connectivity index (χ0n) is 16.0. The second-order valence-corrected chi connectivity index (χ2v) is 6.96. The van der Waals surface area contributed by atoms with Gasteiger partial charge in [-0.2, -0.15) is 4.98 Å². The van der Waals surface area contributed by atoms with Crippen LogP contribution >= 0.6 is 0 Å². The molecule has 145 valence electrons. The van der Waals surface area contributed by atoms with Gasteiger partial charge in [-0.3, -0.25) is 9.36 Å². The fourth-order valence-electron chi connectivity index (χ4n) is 3.72. The van der Waals surface area contributed by atoms with Crippen molar-refractivity contribution < 1.29 is 9.47 Å². The van der Waals surface area contributed by atoms with E-state index in [0.717, 1.165) is 12.8 Å². The Morgan fingerprint density at radius 1 is 1.14 bits per heavy atom. The highest BCUT2D eigenvalue weighted by atomic mass is 16.5. The Morgan fingerprint density at radius 3 is 2.71 bits per heavy atom. The molecule has 3 heterocycles. The van der Waals surface area contributed by atoms with Crippen LogP contribution in [0.5, 0.6) is 11.9 Å². The minimum absolute atomic E-state index is 0.215. The molecule has 1 aliphatic rings. The Labute approximate surface area is 162 Å². The molecule has 0 aromatic carbocycles. The van der Waals surface area contributed by atoms with Crippen LogP contribution in [0.15, 0.2) is 23.1 Å². The van der Waals surface area contributed by atoms with E-state index in [1.54, 1.807) is 10.8 Å². The van der Waals surface area contributed by atoms with Crippen molar-refractivity contribution in [3.8, 4) is 23.1 Å². The predicted octanol–water partition coefficient (Wildman–Crippen LogP) is 2.65. The van der Waals surface area contributed by atoms with Crippen molar-refractivity contribution in [1.29, 1.82) is 0 Å². The van der Waals surface area contributed by atoms with Crippen LogP contribution in [0.1, 0.15) is 32.1 Å². The monoisotopic (exact) mass is 380 g/mol. The van der Waals surface area contributed by atoms with Gasteiger partial charge in [0.25, 0.3) is 5.56 Å². The molecule has 1 aliphatic carbocycles. The molecule has 8 nitrogen and oxygen atoms in total. The number of methoxy groups -OCH3 is 2.